The first-order valence-electron chi connectivity index (χ1n) is 9.08. The van der Waals surface area contributed by atoms with Gasteiger partial charge in [-0.2, -0.15) is 0 Å². The summed E-state index contributed by atoms with van der Waals surface area (Å²) in [7, 11) is 0. The predicted molar refractivity (Wildman–Crippen MR) is 100 cm³/mol. The summed E-state index contributed by atoms with van der Waals surface area (Å²) >= 11 is 0. The molecular formula is C20H26FN3O3. The van der Waals surface area contributed by atoms with Gasteiger partial charge in [0, 0.05) is 6.54 Å². The largest absolute Gasteiger partial charge is 0.468 e. The Balaban J connectivity index is 1.81. The van der Waals surface area contributed by atoms with Crippen LogP contribution in [-0.2, 0) is 16.0 Å². The zero-order valence-electron chi connectivity index (χ0n) is 15.7. The Bertz CT molecular complexity index is 730. The lowest BCUT2D eigenvalue weighted by Gasteiger charge is -2.28. The first-order valence-corrected chi connectivity index (χ1v) is 9.08. The highest BCUT2D eigenvalue weighted by Gasteiger charge is 2.21. The van der Waals surface area contributed by atoms with Crippen molar-refractivity contribution >= 4 is 11.8 Å². The number of carbonyl (C=O) groups is 2. The van der Waals surface area contributed by atoms with E-state index in [2.05, 4.69) is 15.5 Å². The van der Waals surface area contributed by atoms with Crippen LogP contribution in [0.5, 0.6) is 0 Å². The van der Waals surface area contributed by atoms with Crippen LogP contribution in [0.1, 0.15) is 31.2 Å². The molecule has 6 nitrogen and oxygen atoms in total. The molecule has 1 aromatic heterocycles. The minimum Gasteiger partial charge on any atom is -0.468 e. The fourth-order valence-electron chi connectivity index (χ4n) is 2.90. The lowest BCUT2D eigenvalue weighted by molar-refractivity contribution is -0.125. The van der Waals surface area contributed by atoms with Crippen LogP contribution in [0.3, 0.4) is 0 Å². The lowest BCUT2D eigenvalue weighted by atomic mass is 10.1. The minimum atomic E-state index is -0.390. The Labute approximate surface area is 158 Å². The highest BCUT2D eigenvalue weighted by atomic mass is 19.1. The molecular weight excluding hydrogens is 349 g/mol. The Morgan fingerprint density at radius 2 is 1.89 bits per heavy atom. The number of halogens is 1. The van der Waals surface area contributed by atoms with Crippen LogP contribution < -0.4 is 10.6 Å². The molecule has 1 atom stereocenters. The van der Waals surface area contributed by atoms with Crippen LogP contribution in [0.2, 0.25) is 0 Å². The van der Waals surface area contributed by atoms with E-state index in [0.29, 0.717) is 12.1 Å². The van der Waals surface area contributed by atoms with Crippen molar-refractivity contribution < 1.29 is 18.4 Å². The standard InChI is InChI=1S/C20H26FN3O3/c1-3-24(4-2)17(18-9-6-10-27-18)13-22-20(26)14-23-19(25)12-15-7-5-8-16(21)11-15/h5-11,17H,3-4,12-14H2,1-2H3,(H,22,26)(H,23,25). The summed E-state index contributed by atoms with van der Waals surface area (Å²) in [6, 6.07) is 9.48. The summed E-state index contributed by atoms with van der Waals surface area (Å²) in [6.45, 7) is 6.00. The molecule has 0 bridgehead atoms. The predicted octanol–water partition coefficient (Wildman–Crippen LogP) is 2.28. The average molecular weight is 375 g/mol. The second-order valence-corrected chi connectivity index (χ2v) is 6.14. The molecule has 146 valence electrons. The van der Waals surface area contributed by atoms with Crippen LogP contribution in [0.4, 0.5) is 4.39 Å². The van der Waals surface area contributed by atoms with Crippen molar-refractivity contribution in [2.75, 3.05) is 26.2 Å². The van der Waals surface area contributed by atoms with Crippen molar-refractivity contribution in [1.82, 2.24) is 15.5 Å². The third-order valence-corrected chi connectivity index (χ3v) is 4.32. The van der Waals surface area contributed by atoms with Gasteiger partial charge >= 0.3 is 0 Å². The highest BCUT2D eigenvalue weighted by Crippen LogP contribution is 2.20. The van der Waals surface area contributed by atoms with Gasteiger partial charge in [0.25, 0.3) is 0 Å². The van der Waals surface area contributed by atoms with Crippen molar-refractivity contribution in [3.05, 3.63) is 59.8 Å². The van der Waals surface area contributed by atoms with E-state index in [1.54, 1.807) is 18.4 Å². The van der Waals surface area contributed by atoms with Gasteiger partial charge in [-0.05, 0) is 42.9 Å². The lowest BCUT2D eigenvalue weighted by Crippen LogP contribution is -2.42. The van der Waals surface area contributed by atoms with Gasteiger partial charge < -0.3 is 15.1 Å². The van der Waals surface area contributed by atoms with Crippen molar-refractivity contribution in [1.29, 1.82) is 0 Å². The van der Waals surface area contributed by atoms with E-state index in [9.17, 15) is 14.0 Å². The number of benzene rings is 1. The monoisotopic (exact) mass is 375 g/mol. The summed E-state index contributed by atoms with van der Waals surface area (Å²) in [4.78, 5) is 26.2. The number of hydrogen-bond acceptors (Lipinski definition) is 4. The van der Waals surface area contributed by atoms with E-state index in [1.807, 2.05) is 26.0 Å². The average Bonchev–Trinajstić information content (AvgIpc) is 3.18. The Morgan fingerprint density at radius 1 is 1.11 bits per heavy atom. The van der Waals surface area contributed by atoms with Crippen molar-refractivity contribution in [3.8, 4) is 0 Å². The molecule has 2 rings (SSSR count). The number of carbonyl (C=O) groups excluding carboxylic acids is 2. The molecule has 0 spiro atoms. The number of hydrogen-bond donors (Lipinski definition) is 2. The molecule has 0 aliphatic heterocycles. The molecule has 0 fully saturated rings. The van der Waals surface area contributed by atoms with Crippen molar-refractivity contribution in [2.45, 2.75) is 26.3 Å². The Kier molecular flexibility index (Phi) is 8.00. The van der Waals surface area contributed by atoms with Crippen molar-refractivity contribution in [2.24, 2.45) is 0 Å². The van der Waals surface area contributed by atoms with E-state index in [1.165, 1.54) is 12.1 Å². The summed E-state index contributed by atoms with van der Waals surface area (Å²) < 4.78 is 18.6. The maximum absolute atomic E-state index is 13.1. The molecule has 0 aliphatic carbocycles. The molecule has 27 heavy (non-hydrogen) atoms. The van der Waals surface area contributed by atoms with Gasteiger partial charge in [-0.25, -0.2) is 4.39 Å². The third kappa shape index (κ3) is 6.53. The summed E-state index contributed by atoms with van der Waals surface area (Å²) in [5.41, 5.74) is 0.562. The quantitative estimate of drug-likeness (QED) is 0.668. The molecule has 1 unspecified atom stereocenters. The first-order chi connectivity index (χ1) is 13.0. The molecule has 1 heterocycles. The molecule has 7 heteroatoms. The van der Waals surface area contributed by atoms with Crippen LogP contribution in [0.15, 0.2) is 47.1 Å². The normalized spacial score (nSPS) is 12.0. The summed E-state index contributed by atoms with van der Waals surface area (Å²) in [5, 5.41) is 5.39. The minimum absolute atomic E-state index is 0.0273. The maximum Gasteiger partial charge on any atom is 0.239 e. The summed E-state index contributed by atoms with van der Waals surface area (Å²) in [6.07, 6.45) is 1.64. The molecule has 1 aromatic carbocycles. The van der Waals surface area contributed by atoms with Crippen molar-refractivity contribution in [3.63, 3.8) is 0 Å². The van der Waals surface area contributed by atoms with E-state index in [0.717, 1.165) is 18.8 Å². The number of nitrogens with zero attached hydrogens (tertiary/aromatic N) is 1. The van der Waals surface area contributed by atoms with Gasteiger partial charge in [-0.3, -0.25) is 14.5 Å². The number of nitrogens with one attached hydrogen (secondary N) is 2. The number of amides is 2. The zero-order chi connectivity index (χ0) is 19.6. The van der Waals surface area contributed by atoms with Gasteiger partial charge in [-0.1, -0.05) is 26.0 Å². The zero-order valence-corrected chi connectivity index (χ0v) is 15.7. The van der Waals surface area contributed by atoms with Gasteiger partial charge in [-0.15, -0.1) is 0 Å². The smallest absolute Gasteiger partial charge is 0.239 e. The second-order valence-electron chi connectivity index (χ2n) is 6.14. The topological polar surface area (TPSA) is 74.6 Å². The molecule has 2 amide bonds. The molecule has 0 saturated heterocycles. The second kappa shape index (κ2) is 10.5. The first kappa shape index (κ1) is 20.6. The van der Waals surface area contributed by atoms with Crippen LogP contribution in [0, 0.1) is 5.82 Å². The molecule has 2 aromatic rings. The number of likely N-dealkylation sites (N-methyl/N-ethyl adjacent to an activating group) is 1. The van der Waals surface area contributed by atoms with E-state index >= 15 is 0 Å². The fourth-order valence-corrected chi connectivity index (χ4v) is 2.90. The Morgan fingerprint density at radius 3 is 2.52 bits per heavy atom. The molecule has 0 radical (unpaired) electrons. The van der Waals surface area contributed by atoms with Gasteiger partial charge in [0.15, 0.2) is 0 Å². The van der Waals surface area contributed by atoms with E-state index < -0.39 is 5.82 Å². The van der Waals surface area contributed by atoms with E-state index in [4.69, 9.17) is 4.42 Å². The maximum atomic E-state index is 13.1. The van der Waals surface area contributed by atoms with Crippen LogP contribution in [0.25, 0.3) is 0 Å². The van der Waals surface area contributed by atoms with Crippen LogP contribution in [-0.4, -0.2) is 42.9 Å². The van der Waals surface area contributed by atoms with Crippen LogP contribution >= 0.6 is 0 Å². The van der Waals surface area contributed by atoms with Gasteiger partial charge in [0.05, 0.1) is 25.3 Å². The SMILES string of the molecule is CCN(CC)C(CNC(=O)CNC(=O)Cc1cccc(F)c1)c1ccco1. The number of rotatable bonds is 10. The molecule has 0 saturated carbocycles. The summed E-state index contributed by atoms with van der Waals surface area (Å²) in [5.74, 6) is -0.221. The molecule has 2 N–H and O–H groups in total. The number of furan rings is 1. The molecule has 0 aliphatic rings. The Hall–Kier alpha value is -2.67. The van der Waals surface area contributed by atoms with E-state index in [-0.39, 0.29) is 30.8 Å². The van der Waals surface area contributed by atoms with Gasteiger partial charge in [0.2, 0.25) is 11.8 Å². The fraction of sp³-hybridized carbons (Fsp3) is 0.400. The highest BCUT2D eigenvalue weighted by molar-refractivity contribution is 5.85. The van der Waals surface area contributed by atoms with Gasteiger partial charge in [0.1, 0.15) is 11.6 Å². The third-order valence-electron chi connectivity index (χ3n) is 4.32.